The molecular weight excluding hydrogens is 821 g/mol. The Labute approximate surface area is 369 Å². The quantitative estimate of drug-likeness (QED) is 0.118. The molecule has 2 aliphatic rings. The van der Waals surface area contributed by atoms with Crippen LogP contribution in [0.25, 0.3) is 53.9 Å². The summed E-state index contributed by atoms with van der Waals surface area (Å²) in [6.07, 6.45) is 10.2. The lowest BCUT2D eigenvalue weighted by Gasteiger charge is -2.23. The van der Waals surface area contributed by atoms with E-state index in [1.165, 1.54) is 52.1 Å². The maximum atomic E-state index is 12.4. The van der Waals surface area contributed by atoms with Crippen molar-refractivity contribution in [2.24, 2.45) is 0 Å². The van der Waals surface area contributed by atoms with Gasteiger partial charge in [0.05, 0.1) is 52.1 Å². The lowest BCUT2D eigenvalue weighted by molar-refractivity contribution is -0.135. The van der Waals surface area contributed by atoms with Crippen LogP contribution in [0.5, 0.6) is 0 Å². The first-order valence-electron chi connectivity index (χ1n) is 20.9. The number of nitrogens with one attached hydrogen (secondary N) is 4. The topological polar surface area (TPSA) is 165 Å². The Morgan fingerprint density at radius 1 is 0.774 bits per heavy atom. The smallest absolute Gasteiger partial charge is 0.407 e. The Kier molecular flexibility index (Phi) is 16.4. The fraction of sp³-hybridized carbons (Fsp3) is 0.319. The number of amides is 4. The van der Waals surface area contributed by atoms with Crippen molar-refractivity contribution in [3.63, 3.8) is 0 Å². The lowest BCUT2D eigenvalue weighted by Crippen LogP contribution is -2.41. The molecule has 15 heteroatoms. The van der Waals surface area contributed by atoms with Crippen molar-refractivity contribution >= 4 is 66.9 Å². The summed E-state index contributed by atoms with van der Waals surface area (Å²) in [5, 5.41) is 9.63. The predicted molar refractivity (Wildman–Crippen MR) is 249 cm³/mol. The first kappa shape index (κ1) is 45.2. The number of carbonyl (C=O) groups excluding carboxylic acids is 4. The molecule has 6 heterocycles. The van der Waals surface area contributed by atoms with E-state index in [9.17, 15) is 19.2 Å². The number of benzene rings is 3. The molecule has 0 spiro atoms. The Morgan fingerprint density at radius 2 is 1.37 bits per heavy atom. The summed E-state index contributed by atoms with van der Waals surface area (Å²) in [7, 11) is 1.27. The number of alkyl carbamates (subject to hydrolysis) is 1. The van der Waals surface area contributed by atoms with E-state index < -0.39 is 12.1 Å². The van der Waals surface area contributed by atoms with Crippen LogP contribution in [-0.4, -0.2) is 93.4 Å². The van der Waals surface area contributed by atoms with Crippen LogP contribution >= 0.6 is 22.7 Å². The fourth-order valence-electron chi connectivity index (χ4n) is 7.12. The van der Waals surface area contributed by atoms with Gasteiger partial charge < -0.3 is 35.1 Å². The molecule has 4 N–H and O–H groups in total. The molecule has 3 aromatic carbocycles. The van der Waals surface area contributed by atoms with Crippen molar-refractivity contribution in [2.45, 2.75) is 58.9 Å². The molecule has 2 fully saturated rings. The molecule has 4 aromatic heterocycles. The molecule has 0 aliphatic carbocycles. The van der Waals surface area contributed by atoms with Gasteiger partial charge in [-0.3, -0.25) is 14.4 Å². The van der Waals surface area contributed by atoms with Gasteiger partial charge in [0.1, 0.15) is 12.6 Å². The number of carbonyl (C=O) groups is 4. The molecule has 0 radical (unpaired) electrons. The molecule has 324 valence electrons. The third-order valence-corrected chi connectivity index (χ3v) is 12.4. The number of nitrogens with zero attached hydrogens (tertiary/aromatic N) is 4. The van der Waals surface area contributed by atoms with Crippen molar-refractivity contribution in [3.8, 4) is 33.5 Å². The van der Waals surface area contributed by atoms with E-state index in [4.69, 9.17) is 0 Å². The Morgan fingerprint density at radius 3 is 1.97 bits per heavy atom. The average Bonchev–Trinajstić information content (AvgIpc) is 4.16. The summed E-state index contributed by atoms with van der Waals surface area (Å²) in [5.74, 6) is -0.229. The standard InChI is InChI=1S/C22H14N4S2.C14H18N2O2.C8H14N2O3.C3H8/c1-3-14(20-8-23-11-24-20)4-2-13(1)16-9-27-22-17(10-28-21(16)22)15-5-6-18-19(7-15)26-12-25-18;1-11(17)15-13(12-7-3-2-4-8-12)14(18)16-9-5-6-10-16;1-13-8(12)9-6-7(11)10-4-2-3-5-10;1-3-2/h1-12H,(H,23,24)(H,25,26);2-4,7-8,13H,5-6,9-10H2,1H3,(H,15,17);2-6H2,1H3,(H,9,12);3H2,1-2H3. The number of H-pyrrole nitrogens is 2. The van der Waals surface area contributed by atoms with E-state index in [2.05, 4.69) is 102 Å². The van der Waals surface area contributed by atoms with Crippen LogP contribution in [0.2, 0.25) is 0 Å². The molecule has 2 aliphatic heterocycles. The number of methoxy groups -OCH3 is 1. The number of rotatable bonds is 8. The molecule has 2 saturated heterocycles. The van der Waals surface area contributed by atoms with Gasteiger partial charge in [0, 0.05) is 55.0 Å². The van der Waals surface area contributed by atoms with Crippen LogP contribution < -0.4 is 10.6 Å². The number of likely N-dealkylation sites (tertiary alicyclic amines) is 2. The molecule has 0 saturated carbocycles. The van der Waals surface area contributed by atoms with E-state index in [1.807, 2.05) is 64.1 Å². The van der Waals surface area contributed by atoms with Gasteiger partial charge in [-0.2, -0.15) is 0 Å². The molecule has 13 nitrogen and oxygen atoms in total. The minimum atomic E-state index is -0.562. The average molecular weight is 875 g/mol. The zero-order valence-corrected chi connectivity index (χ0v) is 37.2. The monoisotopic (exact) mass is 874 g/mol. The number of thiophene rings is 2. The number of fused-ring (bicyclic) bond motifs is 2. The highest BCUT2D eigenvalue weighted by molar-refractivity contribution is 7.27. The van der Waals surface area contributed by atoms with Crippen LogP contribution in [0.1, 0.15) is 64.5 Å². The third-order valence-electron chi connectivity index (χ3n) is 10.2. The largest absolute Gasteiger partial charge is 0.453 e. The lowest BCUT2D eigenvalue weighted by atomic mass is 10.0. The van der Waals surface area contributed by atoms with Crippen LogP contribution in [-0.2, 0) is 19.1 Å². The van der Waals surface area contributed by atoms with Crippen LogP contribution in [0.4, 0.5) is 4.79 Å². The first-order chi connectivity index (χ1) is 30.2. The van der Waals surface area contributed by atoms with Gasteiger partial charge in [-0.1, -0.05) is 80.9 Å². The van der Waals surface area contributed by atoms with E-state index in [1.54, 1.807) is 17.6 Å². The van der Waals surface area contributed by atoms with E-state index in [0.717, 1.165) is 79.7 Å². The van der Waals surface area contributed by atoms with E-state index in [-0.39, 0.29) is 24.3 Å². The van der Waals surface area contributed by atoms with Crippen LogP contribution in [0.15, 0.2) is 102 Å². The Balaban J connectivity index is 0.000000163. The number of hydrogen-bond acceptors (Lipinski definition) is 9. The zero-order valence-electron chi connectivity index (χ0n) is 35.6. The van der Waals surface area contributed by atoms with Crippen molar-refractivity contribution in [1.82, 2.24) is 40.4 Å². The molecule has 4 amide bonds. The van der Waals surface area contributed by atoms with Gasteiger partial charge in [-0.25, -0.2) is 14.8 Å². The van der Waals surface area contributed by atoms with Crippen molar-refractivity contribution in [2.75, 3.05) is 39.8 Å². The summed E-state index contributed by atoms with van der Waals surface area (Å²) in [5.41, 5.74) is 10.2. The Hall–Kier alpha value is -6.32. The second-order valence-electron chi connectivity index (χ2n) is 14.9. The van der Waals surface area contributed by atoms with E-state index in [0.29, 0.717) is 0 Å². The predicted octanol–water partition coefficient (Wildman–Crippen LogP) is 9.43. The highest BCUT2D eigenvalue weighted by atomic mass is 32.1. The number of imidazole rings is 2. The number of hydrogen-bond donors (Lipinski definition) is 4. The summed E-state index contributed by atoms with van der Waals surface area (Å²) in [6, 6.07) is 23.9. The molecule has 7 aromatic rings. The highest BCUT2D eigenvalue weighted by Gasteiger charge is 2.28. The van der Waals surface area contributed by atoms with Crippen molar-refractivity contribution in [1.29, 1.82) is 0 Å². The maximum absolute atomic E-state index is 12.4. The molecule has 1 atom stereocenters. The summed E-state index contributed by atoms with van der Waals surface area (Å²) in [4.78, 5) is 64.0. The number of aromatic amines is 2. The zero-order chi connectivity index (χ0) is 43.8. The molecule has 9 rings (SSSR count). The maximum Gasteiger partial charge on any atom is 0.407 e. The minimum Gasteiger partial charge on any atom is -0.453 e. The molecule has 62 heavy (non-hydrogen) atoms. The second-order valence-corrected chi connectivity index (χ2v) is 16.6. The normalized spacial score (nSPS) is 13.5. The van der Waals surface area contributed by atoms with Crippen molar-refractivity contribution in [3.05, 3.63) is 108 Å². The SMILES string of the molecule is CC(=O)NC(C(=O)N1CCCC1)c1ccccc1.CCC.COC(=O)NCC(=O)N1CCCC1.c1ncc(-c2ccc(-c3csc4c(-c5ccc6nc[nH]c6c5)csc34)cc2)[nH]1. The summed E-state index contributed by atoms with van der Waals surface area (Å²) < 4.78 is 7.03. The Bertz CT molecular complexity index is 2500. The second kappa shape index (κ2) is 22.5. The molecule has 1 unspecified atom stereocenters. The fourth-order valence-corrected chi connectivity index (χ4v) is 9.58. The van der Waals surface area contributed by atoms with Gasteiger partial charge in [0.15, 0.2) is 0 Å². The van der Waals surface area contributed by atoms with Crippen LogP contribution in [0.3, 0.4) is 0 Å². The van der Waals surface area contributed by atoms with Gasteiger partial charge in [0.2, 0.25) is 17.7 Å². The van der Waals surface area contributed by atoms with E-state index >= 15 is 0 Å². The molecule has 0 bridgehead atoms. The van der Waals surface area contributed by atoms with Gasteiger partial charge in [-0.05, 0) is 60.1 Å². The van der Waals surface area contributed by atoms with Gasteiger partial charge in [0.25, 0.3) is 0 Å². The molecular formula is C47H54N8O5S2. The first-order valence-corrected chi connectivity index (χ1v) is 22.7. The minimum absolute atomic E-state index is 0.00565. The summed E-state index contributed by atoms with van der Waals surface area (Å²) >= 11 is 3.63. The van der Waals surface area contributed by atoms with Crippen LogP contribution in [0, 0.1) is 0 Å². The number of aromatic nitrogens is 4. The third kappa shape index (κ3) is 11.7. The number of ether oxygens (including phenoxy) is 1. The van der Waals surface area contributed by atoms with Gasteiger partial charge in [-0.15, -0.1) is 22.7 Å². The highest BCUT2D eigenvalue weighted by Crippen LogP contribution is 2.44. The van der Waals surface area contributed by atoms with Gasteiger partial charge >= 0.3 is 6.09 Å². The summed E-state index contributed by atoms with van der Waals surface area (Å²) in [6.45, 7) is 8.92. The van der Waals surface area contributed by atoms with Crippen molar-refractivity contribution < 1.29 is 23.9 Å².